The maximum atomic E-state index is 12.1. The van der Waals surface area contributed by atoms with E-state index in [1.807, 2.05) is 0 Å². The number of hydrogen-bond donors (Lipinski definition) is 1. The number of hydrogen-bond acceptors (Lipinski definition) is 1. The highest BCUT2D eigenvalue weighted by molar-refractivity contribution is 6.35. The highest BCUT2D eigenvalue weighted by Crippen LogP contribution is 2.32. The minimum atomic E-state index is -4.30. The lowest BCUT2D eigenvalue weighted by Crippen LogP contribution is -2.20. The van der Waals surface area contributed by atoms with Crippen LogP contribution in [0.3, 0.4) is 0 Å². The van der Waals surface area contributed by atoms with E-state index >= 15 is 0 Å². The highest BCUT2D eigenvalue weighted by atomic mass is 35.5. The van der Waals surface area contributed by atoms with Crippen molar-refractivity contribution >= 4 is 23.2 Å². The monoisotopic (exact) mass is 257 g/mol. The molecule has 1 atom stereocenters. The van der Waals surface area contributed by atoms with Crippen LogP contribution in [-0.2, 0) is 0 Å². The molecule has 1 rings (SSSR count). The summed E-state index contributed by atoms with van der Waals surface area (Å²) in [5.74, 6) is 0. The van der Waals surface area contributed by atoms with Gasteiger partial charge in [0.15, 0.2) is 0 Å². The van der Waals surface area contributed by atoms with Crippen LogP contribution in [0.1, 0.15) is 18.0 Å². The highest BCUT2D eigenvalue weighted by Gasteiger charge is 2.31. The minimum Gasteiger partial charge on any atom is -0.324 e. The van der Waals surface area contributed by atoms with Crippen LogP contribution in [0.2, 0.25) is 10.0 Å². The van der Waals surface area contributed by atoms with E-state index in [0.717, 1.165) is 0 Å². The third kappa shape index (κ3) is 3.89. The maximum absolute atomic E-state index is 12.1. The molecule has 0 aliphatic rings. The molecule has 1 nitrogen and oxygen atoms in total. The van der Waals surface area contributed by atoms with Gasteiger partial charge in [0.1, 0.15) is 0 Å². The average molecular weight is 258 g/mol. The number of halogens is 5. The lowest BCUT2D eigenvalue weighted by Gasteiger charge is -2.15. The predicted octanol–water partition coefficient (Wildman–Crippen LogP) is 3.95. The molecule has 0 aliphatic carbocycles. The van der Waals surface area contributed by atoms with Crippen molar-refractivity contribution in [2.45, 2.75) is 18.6 Å². The van der Waals surface area contributed by atoms with E-state index in [-0.39, 0.29) is 10.6 Å². The Morgan fingerprint density at radius 1 is 1.27 bits per heavy atom. The molecule has 0 saturated heterocycles. The summed E-state index contributed by atoms with van der Waals surface area (Å²) < 4.78 is 36.2. The van der Waals surface area contributed by atoms with Crippen LogP contribution in [0.4, 0.5) is 13.2 Å². The standard InChI is InChI=1S/C9H8Cl2F3N/c10-5-1-2-6(7(11)3-5)8(15)4-9(12,13)14/h1-3,8H,4,15H2/t8-/m0/s1. The van der Waals surface area contributed by atoms with Gasteiger partial charge in [0.05, 0.1) is 6.42 Å². The van der Waals surface area contributed by atoms with Crippen LogP contribution in [0.15, 0.2) is 18.2 Å². The molecule has 0 saturated carbocycles. The van der Waals surface area contributed by atoms with Gasteiger partial charge in [0, 0.05) is 16.1 Å². The largest absolute Gasteiger partial charge is 0.390 e. The molecule has 0 heterocycles. The molecule has 1 aromatic carbocycles. The second-order valence-corrected chi connectivity index (χ2v) is 3.94. The molecular weight excluding hydrogens is 250 g/mol. The Morgan fingerprint density at radius 2 is 1.87 bits per heavy atom. The van der Waals surface area contributed by atoms with Crippen molar-refractivity contribution in [3.8, 4) is 0 Å². The second-order valence-electron chi connectivity index (χ2n) is 3.09. The number of rotatable bonds is 2. The summed E-state index contributed by atoms with van der Waals surface area (Å²) in [7, 11) is 0. The van der Waals surface area contributed by atoms with E-state index in [0.29, 0.717) is 5.02 Å². The smallest absolute Gasteiger partial charge is 0.324 e. The normalized spacial score (nSPS) is 14.0. The summed E-state index contributed by atoms with van der Waals surface area (Å²) in [6.45, 7) is 0. The molecule has 0 aromatic heterocycles. The Bertz CT molecular complexity index is 352. The van der Waals surface area contributed by atoms with Gasteiger partial charge in [-0.2, -0.15) is 13.2 Å². The van der Waals surface area contributed by atoms with E-state index in [9.17, 15) is 13.2 Å². The van der Waals surface area contributed by atoms with Gasteiger partial charge in [0.2, 0.25) is 0 Å². The molecule has 1 aromatic rings. The lowest BCUT2D eigenvalue weighted by atomic mass is 10.0. The van der Waals surface area contributed by atoms with Crippen LogP contribution in [0.5, 0.6) is 0 Å². The van der Waals surface area contributed by atoms with Gasteiger partial charge < -0.3 is 5.73 Å². The van der Waals surface area contributed by atoms with Gasteiger partial charge in [-0.1, -0.05) is 29.3 Å². The molecule has 0 spiro atoms. The fraction of sp³-hybridized carbons (Fsp3) is 0.333. The van der Waals surface area contributed by atoms with Crippen LogP contribution in [0.25, 0.3) is 0 Å². The molecule has 84 valence electrons. The van der Waals surface area contributed by atoms with Gasteiger partial charge in [-0.25, -0.2) is 0 Å². The fourth-order valence-corrected chi connectivity index (χ4v) is 1.71. The SMILES string of the molecule is N[C@@H](CC(F)(F)F)c1ccc(Cl)cc1Cl. The molecule has 15 heavy (non-hydrogen) atoms. The Kier molecular flexibility index (Phi) is 3.87. The number of nitrogens with two attached hydrogens (primary N) is 1. The van der Waals surface area contributed by atoms with E-state index in [2.05, 4.69) is 0 Å². The van der Waals surface area contributed by atoms with Crippen molar-refractivity contribution in [1.29, 1.82) is 0 Å². The summed E-state index contributed by atoms with van der Waals surface area (Å²) in [5, 5.41) is 0.516. The summed E-state index contributed by atoms with van der Waals surface area (Å²) in [5.41, 5.74) is 5.63. The van der Waals surface area contributed by atoms with Gasteiger partial charge in [0.25, 0.3) is 0 Å². The van der Waals surface area contributed by atoms with Gasteiger partial charge in [-0.05, 0) is 17.7 Å². The first-order valence-electron chi connectivity index (χ1n) is 4.07. The average Bonchev–Trinajstić information content (AvgIpc) is 1.99. The summed E-state index contributed by atoms with van der Waals surface area (Å²) in [6, 6.07) is 3.07. The Morgan fingerprint density at radius 3 is 2.33 bits per heavy atom. The summed E-state index contributed by atoms with van der Waals surface area (Å²) in [6.07, 6.45) is -5.41. The van der Waals surface area contributed by atoms with Crippen molar-refractivity contribution in [1.82, 2.24) is 0 Å². The second kappa shape index (κ2) is 4.60. The molecule has 0 amide bonds. The Labute approximate surface area is 95.0 Å². The number of benzene rings is 1. The maximum Gasteiger partial charge on any atom is 0.390 e. The van der Waals surface area contributed by atoms with Crippen LogP contribution in [-0.4, -0.2) is 6.18 Å². The van der Waals surface area contributed by atoms with Crippen molar-refractivity contribution in [3.63, 3.8) is 0 Å². The van der Waals surface area contributed by atoms with E-state index < -0.39 is 18.6 Å². The first-order chi connectivity index (χ1) is 6.79. The first kappa shape index (κ1) is 12.6. The van der Waals surface area contributed by atoms with Crippen molar-refractivity contribution in [2.24, 2.45) is 5.73 Å². The zero-order valence-corrected chi connectivity index (χ0v) is 9.00. The van der Waals surface area contributed by atoms with E-state index in [4.69, 9.17) is 28.9 Å². The van der Waals surface area contributed by atoms with E-state index in [1.165, 1.54) is 18.2 Å². The molecule has 2 N–H and O–H groups in total. The fourth-order valence-electron chi connectivity index (χ4n) is 1.16. The van der Waals surface area contributed by atoms with E-state index in [1.54, 1.807) is 0 Å². The van der Waals surface area contributed by atoms with Crippen LogP contribution >= 0.6 is 23.2 Å². The molecule has 0 fully saturated rings. The first-order valence-corrected chi connectivity index (χ1v) is 4.82. The van der Waals surface area contributed by atoms with Gasteiger partial charge in [-0.15, -0.1) is 0 Å². The van der Waals surface area contributed by atoms with Crippen molar-refractivity contribution in [2.75, 3.05) is 0 Å². The number of alkyl halides is 3. The third-order valence-corrected chi connectivity index (χ3v) is 2.38. The predicted molar refractivity (Wildman–Crippen MR) is 54.1 cm³/mol. The Balaban J connectivity index is 2.87. The molecule has 6 heteroatoms. The van der Waals surface area contributed by atoms with Crippen LogP contribution in [0, 0.1) is 0 Å². The van der Waals surface area contributed by atoms with Gasteiger partial charge in [-0.3, -0.25) is 0 Å². The summed E-state index contributed by atoms with van der Waals surface area (Å²) >= 11 is 11.3. The van der Waals surface area contributed by atoms with Crippen molar-refractivity contribution in [3.05, 3.63) is 33.8 Å². The quantitative estimate of drug-likeness (QED) is 0.853. The molecule has 0 radical (unpaired) electrons. The van der Waals surface area contributed by atoms with Crippen molar-refractivity contribution < 1.29 is 13.2 Å². The zero-order valence-electron chi connectivity index (χ0n) is 7.48. The zero-order chi connectivity index (χ0) is 11.6. The molecular formula is C9H8Cl2F3N. The molecule has 0 unspecified atom stereocenters. The molecule has 0 bridgehead atoms. The van der Waals surface area contributed by atoms with Crippen LogP contribution < -0.4 is 5.73 Å². The third-order valence-electron chi connectivity index (χ3n) is 1.81. The molecule has 0 aliphatic heterocycles. The van der Waals surface area contributed by atoms with Gasteiger partial charge >= 0.3 is 6.18 Å². The minimum absolute atomic E-state index is 0.152. The lowest BCUT2D eigenvalue weighted by molar-refractivity contribution is -0.138. The Hall–Kier alpha value is -0.450. The summed E-state index contributed by atoms with van der Waals surface area (Å²) in [4.78, 5) is 0. The topological polar surface area (TPSA) is 26.0 Å².